The van der Waals surface area contributed by atoms with Crippen molar-refractivity contribution >= 4 is 11.9 Å². The lowest BCUT2D eigenvalue weighted by Gasteiger charge is -2.60. The zero-order chi connectivity index (χ0) is 16.5. The van der Waals surface area contributed by atoms with Crippen LogP contribution < -0.4 is 5.73 Å². The van der Waals surface area contributed by atoms with Crippen molar-refractivity contribution in [1.82, 2.24) is 35.0 Å². The summed E-state index contributed by atoms with van der Waals surface area (Å²) in [5, 5.41) is 16.9. The second-order valence-electron chi connectivity index (χ2n) is 7.93. The summed E-state index contributed by atoms with van der Waals surface area (Å²) in [4.78, 5) is 19.0. The van der Waals surface area contributed by atoms with Crippen LogP contribution in [0.1, 0.15) is 49.1 Å². The Labute approximate surface area is 138 Å². The Bertz CT molecular complexity index is 809. The fraction of sp³-hybridized carbons (Fsp3) is 0.733. The monoisotopic (exact) mass is 328 g/mol. The topological polar surface area (TPSA) is 117 Å². The first-order chi connectivity index (χ1) is 11.5. The van der Waals surface area contributed by atoms with Gasteiger partial charge < -0.3 is 5.73 Å². The smallest absolute Gasteiger partial charge is 0.256 e. The van der Waals surface area contributed by atoms with Crippen LogP contribution >= 0.6 is 0 Å². The van der Waals surface area contributed by atoms with Gasteiger partial charge in [0.2, 0.25) is 5.95 Å². The first-order valence-corrected chi connectivity index (χ1v) is 8.47. The average molecular weight is 328 g/mol. The van der Waals surface area contributed by atoms with Crippen LogP contribution in [0.15, 0.2) is 6.33 Å². The average Bonchev–Trinajstić information content (AvgIpc) is 3.14. The molecule has 4 fully saturated rings. The van der Waals surface area contributed by atoms with E-state index >= 15 is 0 Å². The van der Waals surface area contributed by atoms with E-state index in [1.807, 2.05) is 6.92 Å². The summed E-state index contributed by atoms with van der Waals surface area (Å²) in [7, 11) is 0. The van der Waals surface area contributed by atoms with Crippen LogP contribution in [0.4, 0.5) is 5.95 Å². The molecule has 4 aliphatic carbocycles. The normalized spacial score (nSPS) is 37.0. The SMILES string of the molecule is Cc1nnn(C23C[C@@H]4C[C@@H](CC(C(=O)n5ncnc5N)(C4)C2)C3)n1. The lowest BCUT2D eigenvalue weighted by atomic mass is 9.46. The van der Waals surface area contributed by atoms with Crippen LogP contribution in [-0.2, 0) is 5.54 Å². The third-order valence-corrected chi connectivity index (χ3v) is 6.19. The maximum atomic E-state index is 13.3. The number of rotatable bonds is 2. The van der Waals surface area contributed by atoms with Gasteiger partial charge in [-0.3, -0.25) is 4.79 Å². The molecular formula is C15H20N8O. The lowest BCUT2D eigenvalue weighted by Crippen LogP contribution is -2.60. The molecule has 0 aromatic carbocycles. The van der Waals surface area contributed by atoms with Gasteiger partial charge in [0.1, 0.15) is 6.33 Å². The van der Waals surface area contributed by atoms with Crippen molar-refractivity contribution in [3.05, 3.63) is 12.2 Å². The number of hydrogen-bond donors (Lipinski definition) is 1. The van der Waals surface area contributed by atoms with Crippen molar-refractivity contribution in [2.45, 2.75) is 51.0 Å². The highest BCUT2D eigenvalue weighted by atomic mass is 16.2. The number of aromatic nitrogens is 7. The van der Waals surface area contributed by atoms with Crippen LogP contribution in [0.25, 0.3) is 0 Å². The molecule has 2 unspecified atom stereocenters. The molecule has 0 aliphatic heterocycles. The summed E-state index contributed by atoms with van der Waals surface area (Å²) in [6, 6.07) is 0. The number of nitrogens with two attached hydrogens (primary N) is 1. The van der Waals surface area contributed by atoms with Crippen molar-refractivity contribution < 1.29 is 4.79 Å². The van der Waals surface area contributed by atoms with E-state index in [1.165, 1.54) is 17.4 Å². The Morgan fingerprint density at radius 3 is 2.62 bits per heavy atom. The molecule has 2 aromatic rings. The Morgan fingerprint density at radius 2 is 2.04 bits per heavy atom. The third-order valence-electron chi connectivity index (χ3n) is 6.19. The third kappa shape index (κ3) is 1.75. The van der Waals surface area contributed by atoms with Gasteiger partial charge in [-0.1, -0.05) is 0 Å². The van der Waals surface area contributed by atoms with E-state index in [2.05, 4.69) is 25.5 Å². The van der Waals surface area contributed by atoms with Crippen molar-refractivity contribution in [1.29, 1.82) is 0 Å². The molecule has 2 N–H and O–H groups in total. The van der Waals surface area contributed by atoms with Crippen LogP contribution in [0.5, 0.6) is 0 Å². The van der Waals surface area contributed by atoms with E-state index in [0.717, 1.165) is 32.1 Å². The summed E-state index contributed by atoms with van der Waals surface area (Å²) in [6.07, 6.45) is 7.13. The van der Waals surface area contributed by atoms with Gasteiger partial charge in [-0.2, -0.15) is 19.6 Å². The van der Waals surface area contributed by atoms with Gasteiger partial charge in [0.05, 0.1) is 11.0 Å². The minimum absolute atomic E-state index is 0.0205. The van der Waals surface area contributed by atoms with Crippen molar-refractivity contribution in [3.8, 4) is 0 Å². The number of carbonyl (C=O) groups excluding carboxylic acids is 1. The molecule has 2 aromatic heterocycles. The Kier molecular flexibility index (Phi) is 2.58. The molecule has 4 bridgehead atoms. The highest BCUT2D eigenvalue weighted by Gasteiger charge is 2.62. The zero-order valence-electron chi connectivity index (χ0n) is 13.6. The van der Waals surface area contributed by atoms with E-state index in [0.29, 0.717) is 17.7 Å². The van der Waals surface area contributed by atoms with Gasteiger partial charge >= 0.3 is 0 Å². The number of nitrogen functional groups attached to an aromatic ring is 1. The van der Waals surface area contributed by atoms with E-state index < -0.39 is 5.41 Å². The molecule has 6 rings (SSSR count). The molecule has 126 valence electrons. The van der Waals surface area contributed by atoms with Gasteiger partial charge in [0.25, 0.3) is 5.91 Å². The maximum absolute atomic E-state index is 13.3. The first kappa shape index (κ1) is 14.1. The van der Waals surface area contributed by atoms with Crippen molar-refractivity contribution in [2.75, 3.05) is 5.73 Å². The number of anilines is 1. The highest BCUT2D eigenvalue weighted by Crippen LogP contribution is 2.64. The number of hydrogen-bond acceptors (Lipinski definition) is 7. The molecule has 4 aliphatic rings. The molecule has 0 spiro atoms. The minimum atomic E-state index is -0.437. The van der Waals surface area contributed by atoms with Gasteiger partial charge in [-0.15, -0.1) is 10.2 Å². The lowest BCUT2D eigenvalue weighted by molar-refractivity contribution is -0.0967. The summed E-state index contributed by atoms with van der Waals surface area (Å²) in [5.41, 5.74) is 5.20. The van der Waals surface area contributed by atoms with Crippen molar-refractivity contribution in [3.63, 3.8) is 0 Å². The molecule has 0 radical (unpaired) electrons. The number of carbonyl (C=O) groups is 1. The first-order valence-electron chi connectivity index (χ1n) is 8.47. The van der Waals surface area contributed by atoms with Crippen LogP contribution in [0.3, 0.4) is 0 Å². The van der Waals surface area contributed by atoms with Gasteiger partial charge in [-0.05, 0) is 62.5 Å². The van der Waals surface area contributed by atoms with Crippen LogP contribution in [0, 0.1) is 24.2 Å². The molecule has 9 heteroatoms. The Hall–Kier alpha value is -2.32. The molecule has 2 heterocycles. The molecule has 4 saturated carbocycles. The van der Waals surface area contributed by atoms with E-state index in [9.17, 15) is 4.79 Å². The summed E-state index contributed by atoms with van der Waals surface area (Å²) < 4.78 is 1.28. The van der Waals surface area contributed by atoms with E-state index in [1.54, 1.807) is 4.80 Å². The molecular weight excluding hydrogens is 308 g/mol. The number of tetrazole rings is 1. The minimum Gasteiger partial charge on any atom is -0.368 e. The quantitative estimate of drug-likeness (QED) is 0.866. The largest absolute Gasteiger partial charge is 0.368 e. The number of nitrogens with zero attached hydrogens (tertiary/aromatic N) is 7. The number of aryl methyl sites for hydroxylation is 1. The summed E-state index contributed by atoms with van der Waals surface area (Å²) >= 11 is 0. The second kappa shape index (κ2) is 4.40. The van der Waals surface area contributed by atoms with Gasteiger partial charge in [-0.25, -0.2) is 0 Å². The van der Waals surface area contributed by atoms with Crippen LogP contribution in [0.2, 0.25) is 0 Å². The highest BCUT2D eigenvalue weighted by molar-refractivity contribution is 5.86. The molecule has 24 heavy (non-hydrogen) atoms. The predicted molar refractivity (Wildman–Crippen MR) is 82.7 cm³/mol. The second-order valence-corrected chi connectivity index (χ2v) is 7.93. The van der Waals surface area contributed by atoms with Crippen molar-refractivity contribution in [2.24, 2.45) is 17.3 Å². The van der Waals surface area contributed by atoms with E-state index in [-0.39, 0.29) is 17.4 Å². The standard InChI is InChI=1S/C15H20N8O/c1-9-19-21-23(20-9)15-5-10-2-11(6-15)4-14(3-10,7-15)12(24)22-13(16)17-8-18-22/h8,10-11H,2-7H2,1H3,(H2,16,17,18)/t10-,11+,14?,15?. The molecule has 9 nitrogen and oxygen atoms in total. The maximum Gasteiger partial charge on any atom is 0.256 e. The molecule has 0 amide bonds. The van der Waals surface area contributed by atoms with E-state index in [4.69, 9.17) is 5.73 Å². The van der Waals surface area contributed by atoms with Gasteiger partial charge in [0, 0.05) is 0 Å². The predicted octanol–water partition coefficient (Wildman–Crippen LogP) is 0.791. The zero-order valence-corrected chi connectivity index (χ0v) is 13.6. The summed E-state index contributed by atoms with van der Waals surface area (Å²) in [5.74, 6) is 1.86. The molecule has 4 atom stereocenters. The van der Waals surface area contributed by atoms with Gasteiger partial charge in [0.15, 0.2) is 5.82 Å². The Balaban J connectivity index is 1.59. The fourth-order valence-corrected chi connectivity index (χ4v) is 5.82. The van der Waals surface area contributed by atoms with Crippen LogP contribution in [-0.4, -0.2) is 40.9 Å². The Morgan fingerprint density at radius 1 is 1.29 bits per heavy atom. The molecule has 0 saturated heterocycles. The fourth-order valence-electron chi connectivity index (χ4n) is 5.82. The summed E-state index contributed by atoms with van der Waals surface area (Å²) in [6.45, 7) is 1.85.